The summed E-state index contributed by atoms with van der Waals surface area (Å²) in [6.45, 7) is 6.26. The molecular weight excluding hydrogens is 293 g/mol. The number of halogens is 1. The Labute approximate surface area is 136 Å². The number of benzene rings is 1. The second-order valence-corrected chi connectivity index (χ2v) is 5.89. The topological polar surface area (TPSA) is 44.3 Å². The Kier molecular flexibility index (Phi) is 4.71. The second kappa shape index (κ2) is 6.91. The van der Waals surface area contributed by atoms with Crippen molar-refractivity contribution in [2.24, 2.45) is 0 Å². The van der Waals surface area contributed by atoms with Crippen molar-refractivity contribution in [2.75, 3.05) is 43.4 Å². The van der Waals surface area contributed by atoms with E-state index < -0.39 is 0 Å². The number of rotatable bonds is 4. The molecule has 0 unspecified atom stereocenters. The maximum atomic E-state index is 13.7. The maximum Gasteiger partial charge on any atom is 0.134 e. The van der Waals surface area contributed by atoms with Crippen LogP contribution in [0, 0.1) is 12.7 Å². The van der Waals surface area contributed by atoms with Gasteiger partial charge in [0.15, 0.2) is 0 Å². The van der Waals surface area contributed by atoms with Gasteiger partial charge in [0.2, 0.25) is 0 Å². The van der Waals surface area contributed by atoms with Crippen LogP contribution in [0.5, 0.6) is 0 Å². The van der Waals surface area contributed by atoms with Crippen LogP contribution in [-0.4, -0.2) is 48.1 Å². The molecule has 1 aromatic carbocycles. The fourth-order valence-electron chi connectivity index (χ4n) is 2.67. The Bertz CT molecular complexity index is 668. The second-order valence-electron chi connectivity index (χ2n) is 5.89. The Morgan fingerprint density at radius 1 is 1.13 bits per heavy atom. The first-order chi connectivity index (χ1) is 11.1. The largest absolute Gasteiger partial charge is 0.366 e. The number of anilines is 2. The van der Waals surface area contributed by atoms with Crippen molar-refractivity contribution in [3.05, 3.63) is 47.5 Å². The van der Waals surface area contributed by atoms with Gasteiger partial charge in [-0.3, -0.25) is 0 Å². The molecule has 1 saturated heterocycles. The molecule has 0 bridgehead atoms. The number of likely N-dealkylation sites (N-methyl/N-ethyl adjacent to an activating group) is 1. The van der Waals surface area contributed by atoms with Gasteiger partial charge in [0.25, 0.3) is 0 Å². The summed E-state index contributed by atoms with van der Waals surface area (Å²) in [4.78, 5) is 13.5. The smallest absolute Gasteiger partial charge is 0.134 e. The van der Waals surface area contributed by atoms with E-state index in [1.165, 1.54) is 6.07 Å². The van der Waals surface area contributed by atoms with Gasteiger partial charge >= 0.3 is 0 Å². The Balaban J connectivity index is 1.71. The average molecular weight is 315 g/mol. The molecule has 0 amide bonds. The van der Waals surface area contributed by atoms with Crippen molar-refractivity contribution in [3.63, 3.8) is 0 Å². The standard InChI is InChI=1S/C17H22FN5/c1-13-20-16(19-12-14-5-3-4-6-15(14)18)11-17(21-13)23-9-7-22(2)8-10-23/h3-6,11H,7-10,12H2,1-2H3,(H,19,20,21). The van der Waals surface area contributed by atoms with Crippen LogP contribution in [0.15, 0.2) is 30.3 Å². The summed E-state index contributed by atoms with van der Waals surface area (Å²) in [5.74, 6) is 2.18. The van der Waals surface area contributed by atoms with Crippen LogP contribution >= 0.6 is 0 Å². The molecule has 5 nitrogen and oxygen atoms in total. The number of nitrogens with zero attached hydrogens (tertiary/aromatic N) is 4. The maximum absolute atomic E-state index is 13.7. The van der Waals surface area contributed by atoms with Crippen LogP contribution in [0.1, 0.15) is 11.4 Å². The molecule has 0 spiro atoms. The summed E-state index contributed by atoms with van der Waals surface area (Å²) >= 11 is 0. The quantitative estimate of drug-likeness (QED) is 0.938. The van der Waals surface area contributed by atoms with Crippen LogP contribution in [0.3, 0.4) is 0 Å². The van der Waals surface area contributed by atoms with Gasteiger partial charge in [-0.25, -0.2) is 14.4 Å². The van der Waals surface area contributed by atoms with Gasteiger partial charge in [0, 0.05) is 44.4 Å². The molecule has 1 aliphatic heterocycles. The Morgan fingerprint density at radius 3 is 2.61 bits per heavy atom. The molecule has 6 heteroatoms. The van der Waals surface area contributed by atoms with Crippen LogP contribution in [0.2, 0.25) is 0 Å². The van der Waals surface area contributed by atoms with Crippen LogP contribution in [0.25, 0.3) is 0 Å². The third-order valence-electron chi connectivity index (χ3n) is 4.07. The predicted octanol–water partition coefficient (Wildman–Crippen LogP) is 2.29. The van der Waals surface area contributed by atoms with Crippen LogP contribution in [-0.2, 0) is 6.54 Å². The van der Waals surface area contributed by atoms with E-state index in [-0.39, 0.29) is 5.82 Å². The first-order valence-electron chi connectivity index (χ1n) is 7.88. The third-order valence-corrected chi connectivity index (χ3v) is 4.07. The molecule has 3 rings (SSSR count). The monoisotopic (exact) mass is 315 g/mol. The molecule has 0 saturated carbocycles. The lowest BCUT2D eigenvalue weighted by molar-refractivity contribution is 0.312. The van der Waals surface area contributed by atoms with E-state index in [0.717, 1.165) is 43.6 Å². The Morgan fingerprint density at radius 2 is 1.87 bits per heavy atom. The molecule has 122 valence electrons. The Hall–Kier alpha value is -2.21. The van der Waals surface area contributed by atoms with Crippen molar-refractivity contribution < 1.29 is 4.39 Å². The number of hydrogen-bond donors (Lipinski definition) is 1. The first kappa shape index (κ1) is 15.7. The summed E-state index contributed by atoms with van der Waals surface area (Å²) in [5.41, 5.74) is 0.630. The summed E-state index contributed by atoms with van der Waals surface area (Å²) in [6.07, 6.45) is 0. The van der Waals surface area contributed by atoms with E-state index in [1.807, 2.05) is 19.1 Å². The molecule has 1 fully saturated rings. The minimum atomic E-state index is -0.204. The van der Waals surface area contributed by atoms with Crippen molar-refractivity contribution in [1.29, 1.82) is 0 Å². The molecule has 2 aromatic rings. The van der Waals surface area contributed by atoms with E-state index in [4.69, 9.17) is 0 Å². The van der Waals surface area contributed by atoms with E-state index >= 15 is 0 Å². The number of piperazine rings is 1. The fraction of sp³-hybridized carbons (Fsp3) is 0.412. The average Bonchev–Trinajstić information content (AvgIpc) is 2.54. The zero-order valence-corrected chi connectivity index (χ0v) is 13.6. The highest BCUT2D eigenvalue weighted by molar-refractivity contribution is 5.50. The third kappa shape index (κ3) is 3.96. The summed E-state index contributed by atoms with van der Waals surface area (Å²) < 4.78 is 13.7. The zero-order chi connectivity index (χ0) is 16.2. The SMILES string of the molecule is Cc1nc(NCc2ccccc2F)cc(N2CCN(C)CC2)n1. The van der Waals surface area contributed by atoms with E-state index in [9.17, 15) is 4.39 Å². The number of hydrogen-bond acceptors (Lipinski definition) is 5. The van der Waals surface area contributed by atoms with Crippen LogP contribution in [0.4, 0.5) is 16.0 Å². The van der Waals surface area contributed by atoms with Gasteiger partial charge < -0.3 is 15.1 Å². The highest BCUT2D eigenvalue weighted by atomic mass is 19.1. The molecule has 0 atom stereocenters. The van der Waals surface area contributed by atoms with E-state index in [2.05, 4.69) is 32.1 Å². The molecule has 2 heterocycles. The number of aryl methyl sites for hydroxylation is 1. The molecule has 1 aromatic heterocycles. The lowest BCUT2D eigenvalue weighted by Gasteiger charge is -2.33. The molecule has 0 aliphatic carbocycles. The molecular formula is C17H22FN5. The first-order valence-corrected chi connectivity index (χ1v) is 7.88. The van der Waals surface area contributed by atoms with Gasteiger partial charge in [-0.2, -0.15) is 0 Å². The predicted molar refractivity (Wildman–Crippen MR) is 90.2 cm³/mol. The van der Waals surface area contributed by atoms with Gasteiger partial charge in [-0.05, 0) is 20.0 Å². The van der Waals surface area contributed by atoms with Gasteiger partial charge in [0.05, 0.1) is 0 Å². The van der Waals surface area contributed by atoms with Gasteiger partial charge in [0.1, 0.15) is 23.3 Å². The minimum absolute atomic E-state index is 0.204. The van der Waals surface area contributed by atoms with Gasteiger partial charge in [-0.15, -0.1) is 0 Å². The number of aromatic nitrogens is 2. The van der Waals surface area contributed by atoms with Crippen molar-refractivity contribution >= 4 is 11.6 Å². The highest BCUT2D eigenvalue weighted by Gasteiger charge is 2.16. The fourth-order valence-corrected chi connectivity index (χ4v) is 2.67. The molecule has 1 N–H and O–H groups in total. The van der Waals surface area contributed by atoms with Crippen molar-refractivity contribution in [2.45, 2.75) is 13.5 Å². The van der Waals surface area contributed by atoms with E-state index in [1.54, 1.807) is 12.1 Å². The lowest BCUT2D eigenvalue weighted by Crippen LogP contribution is -2.44. The normalized spacial score (nSPS) is 15.7. The van der Waals surface area contributed by atoms with Crippen LogP contribution < -0.4 is 10.2 Å². The summed E-state index contributed by atoms with van der Waals surface area (Å²) in [6, 6.07) is 8.72. The lowest BCUT2D eigenvalue weighted by atomic mass is 10.2. The van der Waals surface area contributed by atoms with Crippen molar-refractivity contribution in [1.82, 2.24) is 14.9 Å². The molecule has 23 heavy (non-hydrogen) atoms. The highest BCUT2D eigenvalue weighted by Crippen LogP contribution is 2.18. The number of nitrogens with one attached hydrogen (secondary N) is 1. The minimum Gasteiger partial charge on any atom is -0.366 e. The molecule has 0 radical (unpaired) electrons. The van der Waals surface area contributed by atoms with E-state index in [0.29, 0.717) is 12.1 Å². The van der Waals surface area contributed by atoms with Gasteiger partial charge in [-0.1, -0.05) is 18.2 Å². The summed E-state index contributed by atoms with van der Waals surface area (Å²) in [7, 11) is 2.13. The molecule has 1 aliphatic rings. The summed E-state index contributed by atoms with van der Waals surface area (Å²) in [5, 5.41) is 3.20. The van der Waals surface area contributed by atoms with Crippen molar-refractivity contribution in [3.8, 4) is 0 Å². The zero-order valence-electron chi connectivity index (χ0n) is 13.6.